The normalized spacial score (nSPS) is 10.3. The Morgan fingerprint density at radius 2 is 1.95 bits per heavy atom. The molecular weight excluding hydrogens is 304 g/mol. The van der Waals surface area contributed by atoms with Crippen LogP contribution in [-0.2, 0) is 11.3 Å². The Morgan fingerprint density at radius 1 is 1.20 bits per heavy atom. The molecule has 2 N–H and O–H groups in total. The van der Waals surface area contributed by atoms with Crippen LogP contribution in [0.3, 0.4) is 0 Å². The van der Waals surface area contributed by atoms with Crippen LogP contribution < -0.4 is 5.73 Å². The van der Waals surface area contributed by atoms with E-state index in [1.807, 2.05) is 0 Å². The number of nitrogen functional groups attached to an aromatic ring is 1. The molecule has 0 amide bonds. The van der Waals surface area contributed by atoms with Crippen molar-refractivity contribution >= 4 is 34.9 Å². The number of halogens is 3. The number of nitrogens with two attached hydrogens (primary N) is 1. The molecule has 0 bridgehead atoms. The van der Waals surface area contributed by atoms with Gasteiger partial charge in [0.25, 0.3) is 0 Å². The van der Waals surface area contributed by atoms with E-state index in [1.165, 1.54) is 30.3 Å². The van der Waals surface area contributed by atoms with E-state index in [1.54, 1.807) is 6.07 Å². The zero-order valence-electron chi connectivity index (χ0n) is 10.2. The number of ether oxygens (including phenoxy) is 1. The fraction of sp³-hybridized carbons (Fsp3) is 0.0714. The van der Waals surface area contributed by atoms with Crippen LogP contribution in [0.25, 0.3) is 0 Å². The maximum absolute atomic E-state index is 13.2. The molecule has 0 aliphatic rings. The van der Waals surface area contributed by atoms with Gasteiger partial charge >= 0.3 is 5.97 Å². The number of hydrogen-bond acceptors (Lipinski definition) is 3. The van der Waals surface area contributed by atoms with Crippen molar-refractivity contribution in [3.05, 3.63) is 63.4 Å². The Bertz CT molecular complexity index is 641. The van der Waals surface area contributed by atoms with E-state index in [2.05, 4.69) is 0 Å². The third-order valence-electron chi connectivity index (χ3n) is 2.51. The molecule has 2 rings (SSSR count). The average molecular weight is 314 g/mol. The van der Waals surface area contributed by atoms with Gasteiger partial charge in [-0.05, 0) is 35.9 Å². The summed E-state index contributed by atoms with van der Waals surface area (Å²) in [6, 6.07) is 8.61. The molecule has 2 aromatic carbocycles. The fourth-order valence-electron chi connectivity index (χ4n) is 1.59. The molecule has 0 atom stereocenters. The zero-order valence-corrected chi connectivity index (χ0v) is 11.7. The monoisotopic (exact) mass is 313 g/mol. The lowest BCUT2D eigenvalue weighted by atomic mass is 10.2. The topological polar surface area (TPSA) is 52.3 Å². The number of benzene rings is 2. The number of esters is 1. The molecule has 0 aliphatic heterocycles. The Labute approximate surface area is 125 Å². The second-order valence-corrected chi connectivity index (χ2v) is 4.94. The number of rotatable bonds is 3. The van der Waals surface area contributed by atoms with Crippen LogP contribution in [0.5, 0.6) is 0 Å². The molecular formula is C14H10Cl2FNO2. The van der Waals surface area contributed by atoms with Crippen LogP contribution in [0.4, 0.5) is 10.1 Å². The summed E-state index contributed by atoms with van der Waals surface area (Å²) < 4.78 is 18.3. The van der Waals surface area contributed by atoms with Gasteiger partial charge in [-0.3, -0.25) is 0 Å². The van der Waals surface area contributed by atoms with Crippen molar-refractivity contribution in [2.45, 2.75) is 6.61 Å². The molecule has 2 aromatic rings. The standard InChI is InChI=1S/C14H10Cl2FNO2/c15-10-4-9(5-11(18)6-10)14(19)20-7-8-1-2-12(16)13(17)3-8/h1-6H,7,18H2. The Balaban J connectivity index is 2.06. The minimum atomic E-state index is -0.588. The molecule has 0 saturated carbocycles. The molecule has 0 aromatic heterocycles. The number of anilines is 1. The predicted molar refractivity (Wildman–Crippen MR) is 76.4 cm³/mol. The maximum atomic E-state index is 13.2. The third-order valence-corrected chi connectivity index (χ3v) is 3.03. The molecule has 3 nitrogen and oxygen atoms in total. The Hall–Kier alpha value is -1.78. The lowest BCUT2D eigenvalue weighted by Crippen LogP contribution is -2.06. The quantitative estimate of drug-likeness (QED) is 0.686. The van der Waals surface area contributed by atoms with E-state index in [0.29, 0.717) is 16.3 Å². The molecule has 0 spiro atoms. The van der Waals surface area contributed by atoms with E-state index in [0.717, 1.165) is 0 Å². The molecule has 0 unspecified atom stereocenters. The molecule has 0 fully saturated rings. The van der Waals surface area contributed by atoms with Crippen LogP contribution in [0.1, 0.15) is 15.9 Å². The molecule has 0 radical (unpaired) electrons. The van der Waals surface area contributed by atoms with Crippen LogP contribution in [0, 0.1) is 5.82 Å². The summed E-state index contributed by atoms with van der Waals surface area (Å²) in [5, 5.41) is 0.358. The van der Waals surface area contributed by atoms with Gasteiger partial charge in [0.05, 0.1) is 10.6 Å². The summed E-state index contributed by atoms with van der Waals surface area (Å²) in [7, 11) is 0. The van der Waals surface area contributed by atoms with Crippen LogP contribution >= 0.6 is 23.2 Å². The largest absolute Gasteiger partial charge is 0.457 e. The molecule has 0 aliphatic carbocycles. The predicted octanol–water partition coefficient (Wildman–Crippen LogP) is 4.07. The summed E-state index contributed by atoms with van der Waals surface area (Å²) in [4.78, 5) is 11.8. The van der Waals surface area contributed by atoms with Crippen molar-refractivity contribution < 1.29 is 13.9 Å². The first kappa shape index (κ1) is 14.6. The second kappa shape index (κ2) is 6.11. The SMILES string of the molecule is Nc1cc(Cl)cc(C(=O)OCc2ccc(Cl)c(F)c2)c1. The van der Waals surface area contributed by atoms with Gasteiger partial charge in [0.15, 0.2) is 0 Å². The summed E-state index contributed by atoms with van der Waals surface area (Å²) in [5.74, 6) is -1.15. The van der Waals surface area contributed by atoms with Crippen molar-refractivity contribution in [2.24, 2.45) is 0 Å². The van der Waals surface area contributed by atoms with Gasteiger partial charge in [-0.15, -0.1) is 0 Å². The lowest BCUT2D eigenvalue weighted by Gasteiger charge is -2.07. The zero-order chi connectivity index (χ0) is 14.7. The van der Waals surface area contributed by atoms with Crippen LogP contribution in [0.15, 0.2) is 36.4 Å². The van der Waals surface area contributed by atoms with Gasteiger partial charge in [-0.2, -0.15) is 0 Å². The minimum absolute atomic E-state index is 0.0164. The van der Waals surface area contributed by atoms with Gasteiger partial charge in [-0.1, -0.05) is 29.3 Å². The molecule has 20 heavy (non-hydrogen) atoms. The van der Waals surface area contributed by atoms with E-state index in [-0.39, 0.29) is 17.2 Å². The summed E-state index contributed by atoms with van der Waals surface area (Å²) in [5.41, 5.74) is 6.68. The van der Waals surface area contributed by atoms with Crippen molar-refractivity contribution in [1.29, 1.82) is 0 Å². The van der Waals surface area contributed by atoms with Gasteiger partial charge in [0.1, 0.15) is 12.4 Å². The van der Waals surface area contributed by atoms with Crippen molar-refractivity contribution in [3.63, 3.8) is 0 Å². The average Bonchev–Trinajstić information content (AvgIpc) is 2.38. The summed E-state index contributed by atoms with van der Waals surface area (Å²) in [6.07, 6.45) is 0. The first-order valence-corrected chi connectivity index (χ1v) is 6.38. The highest BCUT2D eigenvalue weighted by Crippen LogP contribution is 2.19. The first-order chi connectivity index (χ1) is 9.45. The van der Waals surface area contributed by atoms with Gasteiger partial charge in [0, 0.05) is 10.7 Å². The van der Waals surface area contributed by atoms with Crippen molar-refractivity contribution in [1.82, 2.24) is 0 Å². The van der Waals surface area contributed by atoms with E-state index in [4.69, 9.17) is 33.7 Å². The van der Waals surface area contributed by atoms with Gasteiger partial charge < -0.3 is 10.5 Å². The van der Waals surface area contributed by atoms with Gasteiger partial charge in [0.2, 0.25) is 0 Å². The highest BCUT2D eigenvalue weighted by atomic mass is 35.5. The number of hydrogen-bond donors (Lipinski definition) is 1. The van der Waals surface area contributed by atoms with Crippen molar-refractivity contribution in [2.75, 3.05) is 5.73 Å². The van der Waals surface area contributed by atoms with E-state index in [9.17, 15) is 9.18 Å². The third kappa shape index (κ3) is 3.62. The second-order valence-electron chi connectivity index (χ2n) is 4.10. The molecule has 0 heterocycles. The fourth-order valence-corrected chi connectivity index (χ4v) is 1.95. The highest BCUT2D eigenvalue weighted by molar-refractivity contribution is 6.31. The molecule has 104 valence electrons. The smallest absolute Gasteiger partial charge is 0.338 e. The Kier molecular flexibility index (Phi) is 4.47. The van der Waals surface area contributed by atoms with Crippen molar-refractivity contribution in [3.8, 4) is 0 Å². The summed E-state index contributed by atoms with van der Waals surface area (Å²) in [6.45, 7) is -0.0701. The van der Waals surface area contributed by atoms with Gasteiger partial charge in [-0.25, -0.2) is 9.18 Å². The molecule has 0 saturated heterocycles. The lowest BCUT2D eigenvalue weighted by molar-refractivity contribution is 0.0472. The molecule has 6 heteroatoms. The number of carbonyl (C=O) groups excluding carboxylic acids is 1. The van der Waals surface area contributed by atoms with E-state index < -0.39 is 11.8 Å². The van der Waals surface area contributed by atoms with E-state index >= 15 is 0 Å². The Morgan fingerprint density at radius 3 is 2.60 bits per heavy atom. The minimum Gasteiger partial charge on any atom is -0.457 e. The first-order valence-electron chi connectivity index (χ1n) is 5.63. The van der Waals surface area contributed by atoms with Crippen LogP contribution in [-0.4, -0.2) is 5.97 Å². The maximum Gasteiger partial charge on any atom is 0.338 e. The highest BCUT2D eigenvalue weighted by Gasteiger charge is 2.10. The number of carbonyl (C=O) groups is 1. The van der Waals surface area contributed by atoms with Crippen LogP contribution in [0.2, 0.25) is 10.0 Å². The summed E-state index contributed by atoms with van der Waals surface area (Å²) >= 11 is 11.4.